The summed E-state index contributed by atoms with van der Waals surface area (Å²) in [6, 6.07) is 5.27. The lowest BCUT2D eigenvalue weighted by atomic mass is 10.1. The zero-order valence-corrected chi connectivity index (χ0v) is 9.66. The average molecular weight is 219 g/mol. The smallest absolute Gasteiger partial charge is 0.123 e. The minimum absolute atomic E-state index is 0.0431. The van der Waals surface area contributed by atoms with Crippen molar-refractivity contribution in [3.8, 4) is 23.8 Å². The fourth-order valence-electron chi connectivity index (χ4n) is 1.37. The number of rotatable bonds is 5. The van der Waals surface area contributed by atoms with Crippen LogP contribution in [-0.2, 0) is 6.54 Å². The van der Waals surface area contributed by atoms with Crippen LogP contribution in [0.3, 0.4) is 0 Å². The van der Waals surface area contributed by atoms with Crippen molar-refractivity contribution >= 4 is 0 Å². The molecule has 1 aromatic rings. The van der Waals surface area contributed by atoms with Crippen LogP contribution in [0.15, 0.2) is 18.2 Å². The zero-order chi connectivity index (χ0) is 12.0. The molecule has 0 saturated carbocycles. The van der Waals surface area contributed by atoms with E-state index >= 15 is 0 Å². The molecule has 0 saturated heterocycles. The summed E-state index contributed by atoms with van der Waals surface area (Å²) in [7, 11) is 1.57. The van der Waals surface area contributed by atoms with E-state index in [9.17, 15) is 5.11 Å². The Kier molecular flexibility index (Phi) is 4.68. The molecule has 3 nitrogen and oxygen atoms in total. The SMILES string of the molecule is C#CC(CC)NCc1ccc(OC)cc1O. The van der Waals surface area contributed by atoms with Crippen LogP contribution >= 0.6 is 0 Å². The maximum atomic E-state index is 9.71. The molecule has 3 heteroatoms. The number of nitrogens with one attached hydrogen (secondary N) is 1. The van der Waals surface area contributed by atoms with Gasteiger partial charge >= 0.3 is 0 Å². The van der Waals surface area contributed by atoms with Crippen LogP contribution in [0.1, 0.15) is 18.9 Å². The molecule has 0 bridgehead atoms. The number of aromatic hydroxyl groups is 1. The van der Waals surface area contributed by atoms with Crippen molar-refractivity contribution in [2.45, 2.75) is 25.9 Å². The Bertz CT molecular complexity index is 382. The molecule has 16 heavy (non-hydrogen) atoms. The predicted molar refractivity (Wildman–Crippen MR) is 64.4 cm³/mol. The van der Waals surface area contributed by atoms with Crippen LogP contribution in [-0.4, -0.2) is 18.3 Å². The molecule has 0 aliphatic rings. The molecule has 2 N–H and O–H groups in total. The summed E-state index contributed by atoms with van der Waals surface area (Å²) in [6.45, 7) is 2.57. The quantitative estimate of drug-likeness (QED) is 0.743. The number of methoxy groups -OCH3 is 1. The van der Waals surface area contributed by atoms with E-state index in [1.807, 2.05) is 19.1 Å². The lowest BCUT2D eigenvalue weighted by Crippen LogP contribution is -2.26. The van der Waals surface area contributed by atoms with Crippen molar-refractivity contribution < 1.29 is 9.84 Å². The van der Waals surface area contributed by atoms with E-state index in [-0.39, 0.29) is 11.8 Å². The molecule has 0 aromatic heterocycles. The molecule has 1 atom stereocenters. The molecule has 0 heterocycles. The minimum atomic E-state index is 0.0431. The number of phenols is 1. The van der Waals surface area contributed by atoms with E-state index in [0.29, 0.717) is 12.3 Å². The highest BCUT2D eigenvalue weighted by Crippen LogP contribution is 2.23. The van der Waals surface area contributed by atoms with Crippen molar-refractivity contribution in [2.75, 3.05) is 7.11 Å². The lowest BCUT2D eigenvalue weighted by molar-refractivity contribution is 0.405. The van der Waals surface area contributed by atoms with Crippen LogP contribution in [0.5, 0.6) is 11.5 Å². The predicted octanol–water partition coefficient (Wildman–Crippen LogP) is 1.90. The molecule has 1 rings (SSSR count). The Labute approximate surface area is 96.4 Å². The minimum Gasteiger partial charge on any atom is -0.507 e. The van der Waals surface area contributed by atoms with Crippen LogP contribution in [0.2, 0.25) is 0 Å². The van der Waals surface area contributed by atoms with Crippen LogP contribution in [0, 0.1) is 12.3 Å². The van der Waals surface area contributed by atoms with E-state index < -0.39 is 0 Å². The standard InChI is InChI=1S/C13H17NO2/c1-4-11(5-2)14-9-10-6-7-12(16-3)8-13(10)15/h1,6-8,11,14-15H,5,9H2,2-3H3. The highest BCUT2D eigenvalue weighted by atomic mass is 16.5. The molecule has 86 valence electrons. The topological polar surface area (TPSA) is 41.5 Å². The second-order valence-corrected chi connectivity index (χ2v) is 3.50. The zero-order valence-electron chi connectivity index (χ0n) is 9.66. The normalized spacial score (nSPS) is 11.8. The maximum absolute atomic E-state index is 9.71. The van der Waals surface area contributed by atoms with Crippen molar-refractivity contribution in [2.24, 2.45) is 0 Å². The number of hydrogen-bond acceptors (Lipinski definition) is 3. The molecular formula is C13H17NO2. The van der Waals surface area contributed by atoms with Gasteiger partial charge < -0.3 is 9.84 Å². The van der Waals surface area contributed by atoms with Crippen LogP contribution < -0.4 is 10.1 Å². The van der Waals surface area contributed by atoms with E-state index in [1.54, 1.807) is 13.2 Å². The Hall–Kier alpha value is -1.66. The Morgan fingerprint density at radius 1 is 1.56 bits per heavy atom. The van der Waals surface area contributed by atoms with Gasteiger partial charge in [-0.3, -0.25) is 5.32 Å². The fraction of sp³-hybridized carbons (Fsp3) is 0.385. The van der Waals surface area contributed by atoms with Gasteiger partial charge in [-0.1, -0.05) is 18.9 Å². The van der Waals surface area contributed by atoms with E-state index in [1.165, 1.54) is 0 Å². The van der Waals surface area contributed by atoms with E-state index in [0.717, 1.165) is 12.0 Å². The second kappa shape index (κ2) is 6.04. The summed E-state index contributed by atoms with van der Waals surface area (Å²) in [5, 5.41) is 12.9. The fourth-order valence-corrected chi connectivity index (χ4v) is 1.37. The van der Waals surface area contributed by atoms with Crippen LogP contribution in [0.4, 0.5) is 0 Å². The number of ether oxygens (including phenoxy) is 1. The Balaban J connectivity index is 2.64. The van der Waals surface area contributed by atoms with Gasteiger partial charge in [0.15, 0.2) is 0 Å². The monoisotopic (exact) mass is 219 g/mol. The molecule has 0 aliphatic carbocycles. The molecule has 0 fully saturated rings. The maximum Gasteiger partial charge on any atom is 0.123 e. The lowest BCUT2D eigenvalue weighted by Gasteiger charge is -2.12. The number of benzene rings is 1. The molecule has 0 spiro atoms. The number of hydrogen-bond donors (Lipinski definition) is 2. The highest BCUT2D eigenvalue weighted by Gasteiger charge is 2.05. The third-order valence-electron chi connectivity index (χ3n) is 2.44. The van der Waals surface area contributed by atoms with Gasteiger partial charge in [-0.05, 0) is 12.5 Å². The summed E-state index contributed by atoms with van der Waals surface area (Å²) in [5.41, 5.74) is 0.814. The van der Waals surface area contributed by atoms with Gasteiger partial charge in [0, 0.05) is 18.2 Å². The largest absolute Gasteiger partial charge is 0.507 e. The van der Waals surface area contributed by atoms with E-state index in [2.05, 4.69) is 11.2 Å². The first-order valence-electron chi connectivity index (χ1n) is 5.26. The molecule has 0 amide bonds. The van der Waals surface area contributed by atoms with Crippen LogP contribution in [0.25, 0.3) is 0 Å². The van der Waals surface area contributed by atoms with Crippen molar-refractivity contribution in [1.82, 2.24) is 5.32 Å². The summed E-state index contributed by atoms with van der Waals surface area (Å²) < 4.78 is 5.01. The first-order chi connectivity index (χ1) is 7.71. The second-order valence-electron chi connectivity index (χ2n) is 3.50. The Morgan fingerprint density at radius 2 is 2.31 bits per heavy atom. The van der Waals surface area contributed by atoms with Gasteiger partial charge in [0.2, 0.25) is 0 Å². The first-order valence-corrected chi connectivity index (χ1v) is 5.26. The summed E-state index contributed by atoms with van der Waals surface area (Å²) in [6.07, 6.45) is 6.20. The van der Waals surface area contributed by atoms with Gasteiger partial charge in [-0.25, -0.2) is 0 Å². The summed E-state index contributed by atoms with van der Waals surface area (Å²) in [4.78, 5) is 0. The van der Waals surface area contributed by atoms with Gasteiger partial charge in [0.1, 0.15) is 11.5 Å². The molecule has 1 aromatic carbocycles. The third kappa shape index (κ3) is 3.18. The van der Waals surface area contributed by atoms with Gasteiger partial charge in [0.25, 0.3) is 0 Å². The van der Waals surface area contributed by atoms with Gasteiger partial charge in [-0.15, -0.1) is 6.42 Å². The van der Waals surface area contributed by atoms with E-state index in [4.69, 9.17) is 11.2 Å². The third-order valence-corrected chi connectivity index (χ3v) is 2.44. The molecule has 0 radical (unpaired) electrons. The average Bonchev–Trinajstić information content (AvgIpc) is 2.32. The number of terminal acetylenes is 1. The highest BCUT2D eigenvalue weighted by molar-refractivity contribution is 5.39. The molecule has 1 unspecified atom stereocenters. The first kappa shape index (κ1) is 12.4. The van der Waals surface area contributed by atoms with Gasteiger partial charge in [-0.2, -0.15) is 0 Å². The molecule has 0 aliphatic heterocycles. The van der Waals surface area contributed by atoms with Crippen molar-refractivity contribution in [3.05, 3.63) is 23.8 Å². The Morgan fingerprint density at radius 3 is 2.81 bits per heavy atom. The molecular weight excluding hydrogens is 202 g/mol. The number of phenolic OH excluding ortho intramolecular Hbond substituents is 1. The summed E-state index contributed by atoms with van der Waals surface area (Å²) in [5.74, 6) is 3.51. The summed E-state index contributed by atoms with van der Waals surface area (Å²) >= 11 is 0. The van der Waals surface area contributed by atoms with Crippen molar-refractivity contribution in [1.29, 1.82) is 0 Å². The van der Waals surface area contributed by atoms with Gasteiger partial charge in [0.05, 0.1) is 13.2 Å². The van der Waals surface area contributed by atoms with Crippen molar-refractivity contribution in [3.63, 3.8) is 0 Å².